The summed E-state index contributed by atoms with van der Waals surface area (Å²) >= 11 is 5.58. The lowest BCUT2D eigenvalue weighted by Gasteiger charge is -2.18. The number of nitrogens with zero attached hydrogens (tertiary/aromatic N) is 2. The van der Waals surface area contributed by atoms with E-state index in [1.54, 1.807) is 12.1 Å². The van der Waals surface area contributed by atoms with Crippen molar-refractivity contribution in [2.45, 2.75) is 6.18 Å². The molecule has 1 aromatic heterocycles. The first kappa shape index (κ1) is 16.2. The second kappa shape index (κ2) is 5.74. The molecule has 0 aliphatic heterocycles. The Morgan fingerprint density at radius 2 is 1.92 bits per heavy atom. The van der Waals surface area contributed by atoms with Gasteiger partial charge in [0, 0.05) is 17.1 Å². The second-order valence-electron chi connectivity index (χ2n) is 5.02. The highest BCUT2D eigenvalue weighted by Crippen LogP contribution is 2.39. The number of aromatic amines is 1. The molecule has 24 heavy (non-hydrogen) atoms. The number of rotatable bonds is 2. The van der Waals surface area contributed by atoms with Crippen LogP contribution in [0.25, 0.3) is 10.9 Å². The van der Waals surface area contributed by atoms with Crippen LogP contribution >= 0.6 is 11.6 Å². The van der Waals surface area contributed by atoms with Gasteiger partial charge in [-0.25, -0.2) is 5.06 Å². The van der Waals surface area contributed by atoms with E-state index in [4.69, 9.17) is 16.9 Å². The minimum absolute atomic E-state index is 0.102. The summed E-state index contributed by atoms with van der Waals surface area (Å²) < 4.78 is 38.9. The van der Waals surface area contributed by atoms with E-state index in [2.05, 4.69) is 4.98 Å². The van der Waals surface area contributed by atoms with E-state index in [9.17, 15) is 18.4 Å². The van der Waals surface area contributed by atoms with Crippen LogP contribution in [0.1, 0.15) is 11.1 Å². The molecule has 0 saturated heterocycles. The Kier molecular flexibility index (Phi) is 3.87. The van der Waals surface area contributed by atoms with Gasteiger partial charge in [-0.1, -0.05) is 11.6 Å². The first-order chi connectivity index (χ1) is 11.3. The van der Waals surface area contributed by atoms with E-state index < -0.39 is 16.8 Å². The van der Waals surface area contributed by atoms with Gasteiger partial charge in [0.2, 0.25) is 0 Å². The lowest BCUT2D eigenvalue weighted by molar-refractivity contribution is -0.137. The van der Waals surface area contributed by atoms with Crippen LogP contribution in [0.5, 0.6) is 0 Å². The highest BCUT2D eigenvalue weighted by molar-refractivity contribution is 6.31. The number of fused-ring (bicyclic) bond motifs is 1. The highest BCUT2D eigenvalue weighted by atomic mass is 35.5. The predicted molar refractivity (Wildman–Crippen MR) is 83.4 cm³/mol. The van der Waals surface area contributed by atoms with Crippen molar-refractivity contribution >= 4 is 33.9 Å². The molecule has 3 rings (SSSR count). The lowest BCUT2D eigenvalue weighted by atomic mass is 10.1. The Bertz CT molecular complexity index is 959. The average molecular weight is 352 g/mol. The smallest absolute Gasteiger partial charge is 0.359 e. The van der Waals surface area contributed by atoms with Crippen molar-refractivity contribution in [2.75, 3.05) is 5.06 Å². The van der Waals surface area contributed by atoms with E-state index in [0.29, 0.717) is 21.5 Å². The van der Waals surface area contributed by atoms with Crippen LogP contribution in [0, 0.1) is 11.3 Å². The third-order valence-electron chi connectivity index (χ3n) is 3.52. The van der Waals surface area contributed by atoms with Gasteiger partial charge in [-0.3, -0.25) is 5.21 Å². The van der Waals surface area contributed by atoms with Gasteiger partial charge in [-0.2, -0.15) is 18.4 Å². The first-order valence-electron chi connectivity index (χ1n) is 6.68. The molecule has 4 nitrogen and oxygen atoms in total. The van der Waals surface area contributed by atoms with Crippen molar-refractivity contribution in [1.82, 2.24) is 4.98 Å². The molecular formula is C16H9ClF3N3O. The van der Waals surface area contributed by atoms with E-state index in [1.165, 1.54) is 18.3 Å². The number of alkyl halides is 3. The molecule has 0 fully saturated rings. The molecule has 2 N–H and O–H groups in total. The molecule has 3 aromatic rings. The Morgan fingerprint density at radius 3 is 2.58 bits per heavy atom. The van der Waals surface area contributed by atoms with Gasteiger partial charge >= 0.3 is 6.18 Å². The van der Waals surface area contributed by atoms with Crippen molar-refractivity contribution in [3.05, 3.63) is 58.7 Å². The molecule has 2 aromatic carbocycles. The van der Waals surface area contributed by atoms with Crippen LogP contribution in [-0.4, -0.2) is 10.2 Å². The van der Waals surface area contributed by atoms with E-state index >= 15 is 0 Å². The maximum absolute atomic E-state index is 13.0. The van der Waals surface area contributed by atoms with Gasteiger partial charge in [-0.15, -0.1) is 0 Å². The number of hydrogen-bond acceptors (Lipinski definition) is 3. The van der Waals surface area contributed by atoms with Gasteiger partial charge in [0.1, 0.15) is 0 Å². The second-order valence-corrected chi connectivity index (χ2v) is 5.43. The summed E-state index contributed by atoms with van der Waals surface area (Å²) in [5, 5.41) is 20.0. The molecule has 0 bridgehead atoms. The third-order valence-corrected chi connectivity index (χ3v) is 3.85. The molecule has 1 heterocycles. The van der Waals surface area contributed by atoms with E-state index in [1.807, 2.05) is 6.07 Å². The first-order valence-corrected chi connectivity index (χ1v) is 7.06. The third kappa shape index (κ3) is 2.77. The molecule has 0 radical (unpaired) electrons. The minimum Gasteiger partial charge on any atom is -0.359 e. The zero-order chi connectivity index (χ0) is 17.5. The zero-order valence-electron chi connectivity index (χ0n) is 11.9. The Labute approximate surface area is 139 Å². The van der Waals surface area contributed by atoms with Crippen molar-refractivity contribution < 1.29 is 18.4 Å². The summed E-state index contributed by atoms with van der Waals surface area (Å²) in [7, 11) is 0. The molecule has 122 valence electrons. The van der Waals surface area contributed by atoms with Gasteiger partial charge in [0.05, 0.1) is 33.6 Å². The Hall–Kier alpha value is -2.69. The number of nitrogens with one attached hydrogen (secondary N) is 1. The summed E-state index contributed by atoms with van der Waals surface area (Å²) in [6, 6.07) is 9.84. The molecule has 0 unspecified atom stereocenters. The number of benzene rings is 2. The van der Waals surface area contributed by atoms with Gasteiger partial charge < -0.3 is 4.98 Å². The van der Waals surface area contributed by atoms with Crippen molar-refractivity contribution in [1.29, 1.82) is 5.26 Å². The number of nitriles is 1. The van der Waals surface area contributed by atoms with Crippen LogP contribution in [0.4, 0.5) is 24.5 Å². The topological polar surface area (TPSA) is 63.0 Å². The summed E-state index contributed by atoms with van der Waals surface area (Å²) in [6.45, 7) is 0. The van der Waals surface area contributed by atoms with Crippen molar-refractivity contribution in [2.24, 2.45) is 0 Å². The van der Waals surface area contributed by atoms with E-state index in [0.717, 1.165) is 12.1 Å². The number of H-pyrrole nitrogens is 1. The molecule has 0 atom stereocenters. The normalized spacial score (nSPS) is 11.5. The van der Waals surface area contributed by atoms with Gasteiger partial charge in [0.25, 0.3) is 0 Å². The molecular weight excluding hydrogens is 343 g/mol. The minimum atomic E-state index is -4.64. The molecule has 0 amide bonds. The lowest BCUT2D eigenvalue weighted by Crippen LogP contribution is -2.13. The van der Waals surface area contributed by atoms with E-state index in [-0.39, 0.29) is 11.4 Å². The standard InChI is InChI=1S/C16H9ClF3N3O/c17-13-3-2-10(6-12(13)16(18,19)20)23(24)15-8-22-14-4-1-9(7-21)5-11(14)15/h1-6,8,22,24H. The van der Waals surface area contributed by atoms with Crippen LogP contribution in [0.2, 0.25) is 5.02 Å². The summed E-state index contributed by atoms with van der Waals surface area (Å²) in [5.41, 5.74) is 0.0719. The Morgan fingerprint density at radius 1 is 1.17 bits per heavy atom. The van der Waals surface area contributed by atoms with Crippen LogP contribution < -0.4 is 5.06 Å². The van der Waals surface area contributed by atoms with Crippen LogP contribution in [0.15, 0.2) is 42.6 Å². The average Bonchev–Trinajstić information content (AvgIpc) is 2.96. The number of halogens is 4. The number of hydrogen-bond donors (Lipinski definition) is 2. The molecule has 0 saturated carbocycles. The summed E-state index contributed by atoms with van der Waals surface area (Å²) in [6.07, 6.45) is -3.20. The zero-order valence-corrected chi connectivity index (χ0v) is 12.7. The van der Waals surface area contributed by atoms with Crippen LogP contribution in [-0.2, 0) is 6.18 Å². The molecule has 0 spiro atoms. The number of anilines is 2. The highest BCUT2D eigenvalue weighted by Gasteiger charge is 2.34. The number of aromatic nitrogens is 1. The Balaban J connectivity index is 2.10. The monoisotopic (exact) mass is 351 g/mol. The fourth-order valence-electron chi connectivity index (χ4n) is 2.35. The van der Waals surface area contributed by atoms with Crippen molar-refractivity contribution in [3.8, 4) is 6.07 Å². The van der Waals surface area contributed by atoms with Gasteiger partial charge in [-0.05, 0) is 36.4 Å². The SMILES string of the molecule is N#Cc1ccc2[nH]cc(N(O)c3ccc(Cl)c(C(F)(F)F)c3)c2c1. The maximum atomic E-state index is 13.0. The largest absolute Gasteiger partial charge is 0.417 e. The fourth-order valence-corrected chi connectivity index (χ4v) is 2.58. The maximum Gasteiger partial charge on any atom is 0.417 e. The van der Waals surface area contributed by atoms with Crippen LogP contribution in [0.3, 0.4) is 0 Å². The quantitative estimate of drug-likeness (QED) is 0.621. The molecule has 8 heteroatoms. The summed E-state index contributed by atoms with van der Waals surface area (Å²) in [4.78, 5) is 2.89. The fraction of sp³-hybridized carbons (Fsp3) is 0.0625. The predicted octanol–water partition coefficient (Wildman–Crippen LogP) is 5.24. The van der Waals surface area contributed by atoms with Gasteiger partial charge in [0.15, 0.2) is 0 Å². The summed E-state index contributed by atoms with van der Waals surface area (Å²) in [5.74, 6) is 0. The van der Waals surface area contributed by atoms with Crippen molar-refractivity contribution in [3.63, 3.8) is 0 Å². The molecule has 0 aliphatic carbocycles. The molecule has 0 aliphatic rings.